The van der Waals surface area contributed by atoms with Crippen molar-refractivity contribution < 1.29 is 9.90 Å². The highest BCUT2D eigenvalue weighted by atomic mass is 16.4. The van der Waals surface area contributed by atoms with E-state index in [0.717, 1.165) is 28.9 Å². The molecule has 0 unspecified atom stereocenters. The molecule has 18 heavy (non-hydrogen) atoms. The number of nitrogens with one attached hydrogen (secondary N) is 1. The number of H-pyrrole nitrogens is 1. The fraction of sp³-hybridized carbons (Fsp3) is 0.286. The van der Waals surface area contributed by atoms with Crippen molar-refractivity contribution in [2.45, 2.75) is 26.7 Å². The summed E-state index contributed by atoms with van der Waals surface area (Å²) in [5, 5.41) is 16.0. The lowest BCUT2D eigenvalue weighted by Gasteiger charge is -2.03. The van der Waals surface area contributed by atoms with Crippen LogP contribution in [0.15, 0.2) is 24.3 Å². The van der Waals surface area contributed by atoms with Crippen LogP contribution in [0.5, 0.6) is 0 Å². The fourth-order valence-electron chi connectivity index (χ4n) is 1.96. The third-order valence-corrected chi connectivity index (χ3v) is 3.04. The van der Waals surface area contributed by atoms with E-state index >= 15 is 0 Å². The predicted molar refractivity (Wildman–Crippen MR) is 69.5 cm³/mol. The van der Waals surface area contributed by atoms with E-state index in [2.05, 4.69) is 17.1 Å². The number of nitrogens with zero attached hydrogens (tertiary/aromatic N) is 1. The van der Waals surface area contributed by atoms with E-state index in [1.807, 2.05) is 31.2 Å². The molecule has 0 saturated carbocycles. The van der Waals surface area contributed by atoms with Gasteiger partial charge >= 0.3 is 5.97 Å². The quantitative estimate of drug-likeness (QED) is 0.868. The number of rotatable bonds is 4. The maximum atomic E-state index is 10.9. The first-order valence-corrected chi connectivity index (χ1v) is 5.96. The van der Waals surface area contributed by atoms with E-state index in [1.165, 1.54) is 5.56 Å². The molecule has 4 nitrogen and oxygen atoms in total. The Hall–Kier alpha value is -2.10. The van der Waals surface area contributed by atoms with Crippen LogP contribution in [-0.2, 0) is 17.6 Å². The highest BCUT2D eigenvalue weighted by Gasteiger charge is 2.14. The minimum absolute atomic E-state index is 0.00675. The minimum Gasteiger partial charge on any atom is -0.481 e. The van der Waals surface area contributed by atoms with Crippen LogP contribution in [0.4, 0.5) is 0 Å². The van der Waals surface area contributed by atoms with Gasteiger partial charge in [-0.15, -0.1) is 0 Å². The number of carboxylic acid groups (broad SMARTS) is 1. The van der Waals surface area contributed by atoms with Crippen molar-refractivity contribution in [3.8, 4) is 11.3 Å². The molecule has 0 saturated heterocycles. The van der Waals surface area contributed by atoms with Gasteiger partial charge in [-0.05, 0) is 18.9 Å². The van der Waals surface area contributed by atoms with Gasteiger partial charge in [-0.3, -0.25) is 9.89 Å². The summed E-state index contributed by atoms with van der Waals surface area (Å²) >= 11 is 0. The summed E-state index contributed by atoms with van der Waals surface area (Å²) < 4.78 is 0. The summed E-state index contributed by atoms with van der Waals surface area (Å²) in [5.41, 5.74) is 4.51. The summed E-state index contributed by atoms with van der Waals surface area (Å²) in [6.45, 7) is 3.94. The Kier molecular flexibility index (Phi) is 3.46. The average molecular weight is 244 g/mol. The Balaban J connectivity index is 2.40. The van der Waals surface area contributed by atoms with Crippen molar-refractivity contribution in [1.82, 2.24) is 10.2 Å². The highest BCUT2D eigenvalue weighted by molar-refractivity contribution is 5.75. The van der Waals surface area contributed by atoms with E-state index < -0.39 is 5.97 Å². The summed E-state index contributed by atoms with van der Waals surface area (Å²) in [6, 6.07) is 8.06. The summed E-state index contributed by atoms with van der Waals surface area (Å²) in [6.07, 6.45) is 0.981. The Labute approximate surface area is 106 Å². The first kappa shape index (κ1) is 12.4. The lowest BCUT2D eigenvalue weighted by atomic mass is 10.0. The Morgan fingerprint density at radius 3 is 2.56 bits per heavy atom. The van der Waals surface area contributed by atoms with E-state index in [1.54, 1.807) is 0 Å². The summed E-state index contributed by atoms with van der Waals surface area (Å²) in [4.78, 5) is 10.9. The zero-order valence-electron chi connectivity index (χ0n) is 10.5. The van der Waals surface area contributed by atoms with Crippen LogP contribution in [0.3, 0.4) is 0 Å². The maximum absolute atomic E-state index is 10.9. The number of benzene rings is 1. The molecule has 0 bridgehead atoms. The van der Waals surface area contributed by atoms with Gasteiger partial charge in [0.2, 0.25) is 0 Å². The van der Waals surface area contributed by atoms with Gasteiger partial charge in [0, 0.05) is 16.8 Å². The number of carboxylic acids is 1. The third-order valence-electron chi connectivity index (χ3n) is 3.04. The van der Waals surface area contributed by atoms with Crippen LogP contribution in [0.25, 0.3) is 11.3 Å². The monoisotopic (exact) mass is 244 g/mol. The van der Waals surface area contributed by atoms with E-state index in [4.69, 9.17) is 5.11 Å². The molecule has 0 aliphatic rings. The lowest BCUT2D eigenvalue weighted by Crippen LogP contribution is -2.02. The van der Waals surface area contributed by atoms with Gasteiger partial charge in [0.1, 0.15) is 0 Å². The van der Waals surface area contributed by atoms with Crippen LogP contribution >= 0.6 is 0 Å². The van der Waals surface area contributed by atoms with Crippen LogP contribution < -0.4 is 0 Å². The van der Waals surface area contributed by atoms with Gasteiger partial charge < -0.3 is 5.11 Å². The maximum Gasteiger partial charge on any atom is 0.307 e. The molecule has 0 spiro atoms. The smallest absolute Gasteiger partial charge is 0.307 e. The number of aryl methyl sites for hydroxylation is 2. The van der Waals surface area contributed by atoms with Crippen molar-refractivity contribution >= 4 is 5.97 Å². The number of aromatic amines is 1. The largest absolute Gasteiger partial charge is 0.481 e. The van der Waals surface area contributed by atoms with Crippen molar-refractivity contribution in [2.24, 2.45) is 0 Å². The molecule has 0 aliphatic heterocycles. The van der Waals surface area contributed by atoms with Crippen LogP contribution in [0.1, 0.15) is 23.7 Å². The number of carbonyl (C=O) groups is 1. The standard InChI is InChI=1S/C14H16N2O2/c1-3-10-4-6-11(7-5-10)14-12(8-13(17)18)9(2)15-16-14/h4-7H,3,8H2,1-2H3,(H,15,16)(H,17,18). The number of aliphatic carboxylic acids is 1. The van der Waals surface area contributed by atoms with Crippen molar-refractivity contribution in [3.05, 3.63) is 41.1 Å². The van der Waals surface area contributed by atoms with Gasteiger partial charge in [0.05, 0.1) is 12.1 Å². The Bertz CT molecular complexity index is 556. The first-order chi connectivity index (χ1) is 8.61. The molecule has 0 atom stereocenters. The first-order valence-electron chi connectivity index (χ1n) is 5.96. The molecule has 2 N–H and O–H groups in total. The minimum atomic E-state index is -0.842. The topological polar surface area (TPSA) is 66.0 Å². The highest BCUT2D eigenvalue weighted by Crippen LogP contribution is 2.24. The molecule has 1 heterocycles. The molecular weight excluding hydrogens is 228 g/mol. The van der Waals surface area contributed by atoms with Crippen LogP contribution in [-0.4, -0.2) is 21.3 Å². The summed E-state index contributed by atoms with van der Waals surface area (Å²) in [5.74, 6) is -0.842. The predicted octanol–water partition coefficient (Wildman–Crippen LogP) is 2.57. The normalized spacial score (nSPS) is 10.6. The molecule has 0 fully saturated rings. The third kappa shape index (κ3) is 2.42. The van der Waals surface area contributed by atoms with Gasteiger partial charge in [0.25, 0.3) is 0 Å². The number of hydrogen-bond acceptors (Lipinski definition) is 2. The molecule has 94 valence electrons. The second-order valence-corrected chi connectivity index (χ2v) is 4.30. The van der Waals surface area contributed by atoms with Crippen LogP contribution in [0.2, 0.25) is 0 Å². The number of hydrogen-bond donors (Lipinski definition) is 2. The second-order valence-electron chi connectivity index (χ2n) is 4.30. The summed E-state index contributed by atoms with van der Waals surface area (Å²) in [7, 11) is 0. The molecular formula is C14H16N2O2. The van der Waals surface area contributed by atoms with Crippen molar-refractivity contribution in [3.63, 3.8) is 0 Å². The van der Waals surface area contributed by atoms with Gasteiger partial charge in [-0.1, -0.05) is 31.2 Å². The Morgan fingerprint density at radius 1 is 1.33 bits per heavy atom. The van der Waals surface area contributed by atoms with Gasteiger partial charge in [-0.25, -0.2) is 0 Å². The molecule has 4 heteroatoms. The van der Waals surface area contributed by atoms with Crippen molar-refractivity contribution in [2.75, 3.05) is 0 Å². The second kappa shape index (κ2) is 5.04. The zero-order valence-corrected chi connectivity index (χ0v) is 10.5. The molecule has 0 radical (unpaired) electrons. The molecule has 0 amide bonds. The van der Waals surface area contributed by atoms with Crippen molar-refractivity contribution in [1.29, 1.82) is 0 Å². The molecule has 1 aromatic carbocycles. The lowest BCUT2D eigenvalue weighted by molar-refractivity contribution is -0.136. The SMILES string of the molecule is CCc1ccc(-c2n[nH]c(C)c2CC(=O)O)cc1. The van der Waals surface area contributed by atoms with E-state index in [-0.39, 0.29) is 6.42 Å². The molecule has 1 aromatic heterocycles. The van der Waals surface area contributed by atoms with Crippen LogP contribution in [0, 0.1) is 6.92 Å². The van der Waals surface area contributed by atoms with E-state index in [9.17, 15) is 4.79 Å². The number of aromatic nitrogens is 2. The van der Waals surface area contributed by atoms with E-state index in [0.29, 0.717) is 0 Å². The van der Waals surface area contributed by atoms with Gasteiger partial charge in [-0.2, -0.15) is 5.10 Å². The average Bonchev–Trinajstić information content (AvgIpc) is 2.71. The molecule has 2 aromatic rings. The zero-order chi connectivity index (χ0) is 13.1. The Morgan fingerprint density at radius 2 is 2.00 bits per heavy atom. The molecule has 2 rings (SSSR count). The van der Waals surface area contributed by atoms with Gasteiger partial charge in [0.15, 0.2) is 0 Å². The fourth-order valence-corrected chi connectivity index (χ4v) is 1.96. The molecule has 0 aliphatic carbocycles.